The Morgan fingerprint density at radius 2 is 1.93 bits per heavy atom. The molecule has 0 saturated heterocycles. The van der Waals surface area contributed by atoms with E-state index in [0.717, 1.165) is 12.1 Å². The van der Waals surface area contributed by atoms with E-state index in [0.29, 0.717) is 0 Å². The van der Waals surface area contributed by atoms with Gasteiger partial charge in [0.05, 0.1) is 5.56 Å². The maximum absolute atomic E-state index is 11.2. The van der Waals surface area contributed by atoms with Gasteiger partial charge in [-0.3, -0.25) is 4.79 Å². The molecule has 74 valence electrons. The normalized spacial score (nSPS) is 9.79. The van der Waals surface area contributed by atoms with Crippen molar-refractivity contribution in [1.82, 2.24) is 0 Å². The van der Waals surface area contributed by atoms with Gasteiger partial charge in [0.25, 0.3) is 0 Å². The number of hydrogen-bond acceptors (Lipinski definition) is 4. The number of benzene rings is 1. The Kier molecular flexibility index (Phi) is 2.42. The lowest BCUT2D eigenvalue weighted by Gasteiger charge is -2.13. The fraction of sp³-hybridized carbons (Fsp3) is 0.111. The first-order valence-corrected chi connectivity index (χ1v) is 3.78. The monoisotopic (exact) mass is 194 g/mol. The molecule has 1 aromatic carbocycles. The summed E-state index contributed by atoms with van der Waals surface area (Å²) in [7, 11) is 0. The van der Waals surface area contributed by atoms with Gasteiger partial charge in [-0.05, 0) is 19.1 Å². The van der Waals surface area contributed by atoms with Crippen molar-refractivity contribution in [3.8, 4) is 5.75 Å². The molecule has 0 spiro atoms. The van der Waals surface area contributed by atoms with Crippen LogP contribution in [0.25, 0.3) is 0 Å². The molecule has 0 amide bonds. The SMILES string of the molecule is CC(=O)c1cc(C(=O)O)c(N)cc1[O-]. The highest BCUT2D eigenvalue weighted by molar-refractivity contribution is 6.02. The molecule has 1 aromatic rings. The molecule has 0 aromatic heterocycles. The number of aromatic carboxylic acids is 1. The topological polar surface area (TPSA) is 103 Å². The average Bonchev–Trinajstić information content (AvgIpc) is 2.02. The number of carbonyl (C=O) groups is 2. The molecule has 0 radical (unpaired) electrons. The van der Waals surface area contributed by atoms with E-state index in [1.54, 1.807) is 0 Å². The van der Waals surface area contributed by atoms with Crippen LogP contribution >= 0.6 is 0 Å². The predicted molar refractivity (Wildman–Crippen MR) is 47.3 cm³/mol. The van der Waals surface area contributed by atoms with Crippen molar-refractivity contribution in [3.63, 3.8) is 0 Å². The molecule has 1 rings (SSSR count). The van der Waals surface area contributed by atoms with Crippen molar-refractivity contribution in [2.45, 2.75) is 6.92 Å². The number of Topliss-reactive ketones (excluding diaryl/α,β-unsaturated/α-hetero) is 1. The summed E-state index contributed by atoms with van der Waals surface area (Å²) in [6.07, 6.45) is 0. The molecule has 5 heteroatoms. The minimum Gasteiger partial charge on any atom is -0.872 e. The van der Waals surface area contributed by atoms with E-state index in [9.17, 15) is 14.7 Å². The van der Waals surface area contributed by atoms with Gasteiger partial charge >= 0.3 is 5.97 Å². The first-order valence-electron chi connectivity index (χ1n) is 3.78. The Balaban J connectivity index is 3.42. The van der Waals surface area contributed by atoms with Crippen molar-refractivity contribution < 1.29 is 19.8 Å². The summed E-state index contributed by atoms with van der Waals surface area (Å²) in [4.78, 5) is 21.5. The van der Waals surface area contributed by atoms with Crippen molar-refractivity contribution in [2.24, 2.45) is 0 Å². The fourth-order valence-corrected chi connectivity index (χ4v) is 1.06. The second kappa shape index (κ2) is 3.37. The number of carboxylic acid groups (broad SMARTS) is 1. The van der Waals surface area contributed by atoms with Gasteiger partial charge in [0.1, 0.15) is 0 Å². The van der Waals surface area contributed by atoms with E-state index < -0.39 is 17.5 Å². The van der Waals surface area contributed by atoms with Gasteiger partial charge in [-0.2, -0.15) is 0 Å². The molecule has 0 aliphatic carbocycles. The Bertz CT molecular complexity index is 376. The molecule has 0 unspecified atom stereocenters. The third-order valence-electron chi connectivity index (χ3n) is 1.76. The summed E-state index contributed by atoms with van der Waals surface area (Å²) in [5, 5.41) is 19.8. The van der Waals surface area contributed by atoms with Gasteiger partial charge in [-0.1, -0.05) is 5.75 Å². The third-order valence-corrected chi connectivity index (χ3v) is 1.76. The predicted octanol–water partition coefficient (Wildman–Crippen LogP) is 0.243. The number of ketones is 1. The number of nitrogens with two attached hydrogens (primary N) is 1. The molecular formula is C9H8NO4-. The van der Waals surface area contributed by atoms with Gasteiger partial charge in [0.2, 0.25) is 0 Å². The number of rotatable bonds is 2. The molecule has 0 aliphatic heterocycles. The van der Waals surface area contributed by atoms with Crippen molar-refractivity contribution in [2.75, 3.05) is 5.73 Å². The minimum absolute atomic E-state index is 0.132. The van der Waals surface area contributed by atoms with Gasteiger partial charge in [0, 0.05) is 11.3 Å². The number of hydrogen-bond donors (Lipinski definition) is 2. The quantitative estimate of drug-likeness (QED) is 0.518. The molecular weight excluding hydrogens is 186 g/mol. The van der Waals surface area contributed by atoms with Crippen LogP contribution in [0, 0.1) is 0 Å². The highest BCUT2D eigenvalue weighted by Crippen LogP contribution is 2.22. The molecule has 0 saturated carbocycles. The van der Waals surface area contributed by atoms with Crippen molar-refractivity contribution >= 4 is 17.4 Å². The molecule has 0 fully saturated rings. The molecule has 0 aliphatic rings. The Morgan fingerprint density at radius 3 is 2.36 bits per heavy atom. The van der Waals surface area contributed by atoms with E-state index in [4.69, 9.17) is 10.8 Å². The van der Waals surface area contributed by atoms with E-state index in [-0.39, 0.29) is 16.8 Å². The summed E-state index contributed by atoms with van der Waals surface area (Å²) in [6, 6.07) is 1.95. The first kappa shape index (κ1) is 10.0. The van der Waals surface area contributed by atoms with Crippen LogP contribution in [0.15, 0.2) is 12.1 Å². The van der Waals surface area contributed by atoms with E-state index in [2.05, 4.69) is 0 Å². The number of anilines is 1. The number of carboxylic acids is 1. The van der Waals surface area contributed by atoms with Crippen LogP contribution in [-0.4, -0.2) is 16.9 Å². The van der Waals surface area contributed by atoms with Crippen LogP contribution in [0.4, 0.5) is 5.69 Å². The van der Waals surface area contributed by atoms with Crippen LogP contribution < -0.4 is 10.8 Å². The van der Waals surface area contributed by atoms with Crippen LogP contribution in [0.2, 0.25) is 0 Å². The van der Waals surface area contributed by atoms with Crippen LogP contribution in [0.5, 0.6) is 5.75 Å². The number of nitrogen functional groups attached to an aromatic ring is 1. The number of carbonyl (C=O) groups excluding carboxylic acids is 1. The standard InChI is InChI=1S/C9H9NO4/c1-4(11)5-2-6(9(13)14)7(10)3-8(5)12/h2-3,12H,10H2,1H3,(H,13,14)/p-1. The smallest absolute Gasteiger partial charge is 0.337 e. The average molecular weight is 194 g/mol. The lowest BCUT2D eigenvalue weighted by Crippen LogP contribution is -2.08. The second-order valence-corrected chi connectivity index (χ2v) is 2.80. The highest BCUT2D eigenvalue weighted by atomic mass is 16.4. The van der Waals surface area contributed by atoms with E-state index >= 15 is 0 Å². The lowest BCUT2D eigenvalue weighted by atomic mass is 10.0. The summed E-state index contributed by atoms with van der Waals surface area (Å²) < 4.78 is 0. The molecule has 0 bridgehead atoms. The van der Waals surface area contributed by atoms with Crippen molar-refractivity contribution in [3.05, 3.63) is 23.3 Å². The maximum atomic E-state index is 11.2. The largest absolute Gasteiger partial charge is 0.872 e. The van der Waals surface area contributed by atoms with Crippen LogP contribution in [0.3, 0.4) is 0 Å². The van der Waals surface area contributed by atoms with Crippen LogP contribution in [0.1, 0.15) is 27.6 Å². The van der Waals surface area contributed by atoms with E-state index in [1.165, 1.54) is 6.92 Å². The van der Waals surface area contributed by atoms with Crippen LogP contribution in [-0.2, 0) is 0 Å². The molecule has 0 heterocycles. The molecule has 5 nitrogen and oxygen atoms in total. The van der Waals surface area contributed by atoms with Gasteiger partial charge < -0.3 is 15.9 Å². The zero-order valence-electron chi connectivity index (χ0n) is 7.40. The maximum Gasteiger partial charge on any atom is 0.337 e. The summed E-state index contributed by atoms with van der Waals surface area (Å²) in [5.74, 6) is -2.29. The molecule has 0 atom stereocenters. The Hall–Kier alpha value is -2.04. The summed E-state index contributed by atoms with van der Waals surface area (Å²) in [6.45, 7) is 1.19. The van der Waals surface area contributed by atoms with Crippen molar-refractivity contribution in [1.29, 1.82) is 0 Å². The zero-order valence-corrected chi connectivity index (χ0v) is 7.40. The third kappa shape index (κ3) is 1.66. The Labute approximate surface area is 79.8 Å². The Morgan fingerprint density at radius 1 is 1.36 bits per heavy atom. The van der Waals surface area contributed by atoms with Gasteiger partial charge in [0.15, 0.2) is 5.78 Å². The molecule has 3 N–H and O–H groups in total. The summed E-state index contributed by atoms with van der Waals surface area (Å²) >= 11 is 0. The van der Waals surface area contributed by atoms with E-state index in [1.807, 2.05) is 0 Å². The minimum atomic E-state index is -1.26. The zero-order chi connectivity index (χ0) is 10.9. The van der Waals surface area contributed by atoms with Gasteiger partial charge in [-0.25, -0.2) is 4.79 Å². The van der Waals surface area contributed by atoms with Gasteiger partial charge in [-0.15, -0.1) is 0 Å². The highest BCUT2D eigenvalue weighted by Gasteiger charge is 2.11. The summed E-state index contributed by atoms with van der Waals surface area (Å²) in [5.41, 5.74) is 4.78. The second-order valence-electron chi connectivity index (χ2n) is 2.80. The molecule has 14 heavy (non-hydrogen) atoms. The first-order chi connectivity index (χ1) is 6.43. The lowest BCUT2D eigenvalue weighted by molar-refractivity contribution is -0.268. The fourth-order valence-electron chi connectivity index (χ4n) is 1.06.